The molecule has 3 aromatic heterocycles. The molecule has 15 rings (SSSR count). The molecule has 15 aromatic rings. The molecule has 10 heteroatoms. The summed E-state index contributed by atoms with van der Waals surface area (Å²) in [6, 6.07) is 113. The van der Waals surface area contributed by atoms with Crippen molar-refractivity contribution in [2.75, 3.05) is 0 Å². The van der Waals surface area contributed by atoms with E-state index in [1.165, 1.54) is 0 Å². The van der Waals surface area contributed by atoms with Crippen LogP contribution in [0.4, 0.5) is 0 Å². The Morgan fingerprint density at radius 3 is 0.626 bits per heavy atom. The number of aromatic nitrogens is 3. The monoisotopic (exact) mass is 1410 g/mol. The van der Waals surface area contributed by atoms with E-state index in [1.54, 1.807) is 0 Å². The molecule has 91 heavy (non-hydrogen) atoms. The minimum atomic E-state index is -3.01. The standard InChI is InChI=1S/3C27H20NOP.Ir/c3*29-30(23-12-3-1-4-13-23,24-14-5-2-6-15-24)25-16-9-11-22(20-25)27-26-17-8-7-10-21(26)18-19-28-27;/h3*1-20H;. The van der Waals surface area contributed by atoms with E-state index in [-0.39, 0.29) is 20.1 Å². The van der Waals surface area contributed by atoms with Gasteiger partial charge in [0.1, 0.15) is 0 Å². The van der Waals surface area contributed by atoms with Gasteiger partial charge >= 0.3 is 0 Å². The second-order valence-electron chi connectivity index (χ2n) is 21.6. The van der Waals surface area contributed by atoms with Gasteiger partial charge in [0.25, 0.3) is 0 Å². The van der Waals surface area contributed by atoms with Crippen LogP contribution >= 0.6 is 21.4 Å². The van der Waals surface area contributed by atoms with E-state index in [4.69, 9.17) is 0 Å². The van der Waals surface area contributed by atoms with Crippen LogP contribution in [-0.4, -0.2) is 15.0 Å². The average Bonchev–Trinajstić information content (AvgIpc) is 0.899. The molecule has 0 aliphatic heterocycles. The van der Waals surface area contributed by atoms with Crippen LogP contribution in [-0.2, 0) is 33.8 Å². The summed E-state index contributed by atoms with van der Waals surface area (Å²) in [5.41, 5.74) is 5.62. The smallest absolute Gasteiger partial charge is 0.171 e. The third kappa shape index (κ3) is 12.6. The normalized spacial score (nSPS) is 11.3. The van der Waals surface area contributed by atoms with Crippen molar-refractivity contribution in [2.45, 2.75) is 0 Å². The topological polar surface area (TPSA) is 89.9 Å². The van der Waals surface area contributed by atoms with Crippen LogP contribution in [0.1, 0.15) is 0 Å². The van der Waals surface area contributed by atoms with Crippen LogP contribution in [0.15, 0.2) is 364 Å². The Morgan fingerprint density at radius 1 is 0.198 bits per heavy atom. The first-order valence-electron chi connectivity index (χ1n) is 29.8. The molecular formula is C81H60IrN3O3P3. The Hall–Kier alpha value is -9.79. The van der Waals surface area contributed by atoms with Crippen LogP contribution < -0.4 is 47.7 Å². The SMILES string of the molecule is O=P(c1ccccc1)(c1ccccc1)c1cccc(-c2nccc3ccccc23)c1.O=P(c1ccccc1)(c1ccccc1)c1cccc(-c2nccc3ccccc23)c1.O=P(c1ccccc1)(c1ccccc1)c1cccc(-c2nccc3ccccc23)c1.[Ir]. The zero-order valence-electron chi connectivity index (χ0n) is 49.4. The Labute approximate surface area is 544 Å². The van der Waals surface area contributed by atoms with Crippen LogP contribution in [0.3, 0.4) is 0 Å². The van der Waals surface area contributed by atoms with Crippen LogP contribution in [0.25, 0.3) is 66.1 Å². The van der Waals surface area contributed by atoms with E-state index < -0.39 is 21.4 Å². The molecule has 1 radical (unpaired) electrons. The molecule has 6 nitrogen and oxygen atoms in total. The van der Waals surface area contributed by atoms with Crippen molar-refractivity contribution in [2.24, 2.45) is 0 Å². The van der Waals surface area contributed by atoms with Crippen molar-refractivity contribution < 1.29 is 33.8 Å². The zero-order chi connectivity index (χ0) is 61.2. The Bertz CT molecular complexity index is 4470. The van der Waals surface area contributed by atoms with E-state index >= 15 is 0 Å². The van der Waals surface area contributed by atoms with Crippen molar-refractivity contribution in [1.82, 2.24) is 15.0 Å². The summed E-state index contributed by atoms with van der Waals surface area (Å²) in [4.78, 5) is 14.0. The summed E-state index contributed by atoms with van der Waals surface area (Å²) >= 11 is 0. The van der Waals surface area contributed by atoms with Crippen molar-refractivity contribution in [1.29, 1.82) is 0 Å². The summed E-state index contributed by atoms with van der Waals surface area (Å²) in [7, 11) is -9.04. The van der Waals surface area contributed by atoms with Crippen molar-refractivity contribution in [3.63, 3.8) is 0 Å². The Morgan fingerprint density at radius 2 is 0.396 bits per heavy atom. The van der Waals surface area contributed by atoms with Crippen molar-refractivity contribution in [3.05, 3.63) is 364 Å². The number of fused-ring (bicyclic) bond motifs is 3. The first kappa shape index (κ1) is 61.4. The number of pyridine rings is 3. The molecule has 0 atom stereocenters. The van der Waals surface area contributed by atoms with Gasteiger partial charge in [-0.2, -0.15) is 0 Å². The predicted molar refractivity (Wildman–Crippen MR) is 380 cm³/mol. The van der Waals surface area contributed by atoms with Gasteiger partial charge in [-0.05, 0) is 52.6 Å². The first-order chi connectivity index (χ1) is 44.3. The number of hydrogen-bond acceptors (Lipinski definition) is 6. The van der Waals surface area contributed by atoms with Crippen LogP contribution in [0.2, 0.25) is 0 Å². The maximum atomic E-state index is 14.6. The summed E-state index contributed by atoms with van der Waals surface area (Å²) in [5.74, 6) is 0. The molecule has 3 heterocycles. The third-order valence-corrected chi connectivity index (χ3v) is 25.4. The number of benzene rings is 12. The fourth-order valence-corrected chi connectivity index (χ4v) is 19.9. The van der Waals surface area contributed by atoms with E-state index in [0.717, 1.165) is 114 Å². The van der Waals surface area contributed by atoms with E-state index in [1.807, 2.05) is 328 Å². The maximum Gasteiger partial charge on any atom is 0.171 e. The second kappa shape index (κ2) is 27.9. The molecule has 0 aliphatic rings. The molecule has 0 fully saturated rings. The summed E-state index contributed by atoms with van der Waals surface area (Å²) in [5, 5.41) is 14.1. The van der Waals surface area contributed by atoms with Gasteiger partial charge < -0.3 is 13.7 Å². The molecule has 441 valence electrons. The summed E-state index contributed by atoms with van der Waals surface area (Å²) in [6.45, 7) is 0. The number of nitrogens with zero attached hydrogens (tertiary/aromatic N) is 3. The van der Waals surface area contributed by atoms with Gasteiger partial charge in [-0.15, -0.1) is 0 Å². The van der Waals surface area contributed by atoms with Crippen molar-refractivity contribution >= 4 is 101 Å². The molecule has 0 unspecified atom stereocenters. The minimum Gasteiger partial charge on any atom is -0.309 e. The largest absolute Gasteiger partial charge is 0.309 e. The fraction of sp³-hybridized carbons (Fsp3) is 0. The van der Waals surface area contributed by atoms with Gasteiger partial charge in [0, 0.05) is 119 Å². The van der Waals surface area contributed by atoms with Crippen LogP contribution in [0, 0.1) is 0 Å². The van der Waals surface area contributed by atoms with Gasteiger partial charge in [0.05, 0.1) is 17.1 Å². The molecule has 0 saturated carbocycles. The molecule has 0 aliphatic carbocycles. The van der Waals surface area contributed by atoms with Gasteiger partial charge in [0.15, 0.2) is 21.4 Å². The van der Waals surface area contributed by atoms with E-state index in [0.29, 0.717) is 0 Å². The van der Waals surface area contributed by atoms with E-state index in [9.17, 15) is 13.7 Å². The molecule has 0 N–H and O–H groups in total. The van der Waals surface area contributed by atoms with Crippen LogP contribution in [0.5, 0.6) is 0 Å². The third-order valence-electron chi connectivity index (χ3n) is 16.2. The van der Waals surface area contributed by atoms with E-state index in [2.05, 4.69) is 51.4 Å². The molecule has 0 bridgehead atoms. The number of rotatable bonds is 12. The zero-order valence-corrected chi connectivity index (χ0v) is 54.5. The summed E-state index contributed by atoms with van der Waals surface area (Å²) < 4.78 is 43.9. The fourth-order valence-electron chi connectivity index (χ4n) is 11.8. The van der Waals surface area contributed by atoms with Gasteiger partial charge in [-0.1, -0.05) is 309 Å². The Balaban J connectivity index is 0.000000131. The molecule has 0 spiro atoms. The molecular weight excluding hydrogens is 1350 g/mol. The number of hydrogen-bond donors (Lipinski definition) is 0. The second-order valence-corrected chi connectivity index (χ2v) is 29.9. The molecule has 0 saturated heterocycles. The first-order valence-corrected chi connectivity index (χ1v) is 34.9. The quantitative estimate of drug-likeness (QED) is 0.113. The minimum absolute atomic E-state index is 0. The van der Waals surface area contributed by atoms with Gasteiger partial charge in [-0.3, -0.25) is 15.0 Å². The molecule has 12 aromatic carbocycles. The van der Waals surface area contributed by atoms with Crippen molar-refractivity contribution in [3.8, 4) is 33.8 Å². The predicted octanol–water partition coefficient (Wildman–Crippen LogP) is 16.6. The van der Waals surface area contributed by atoms with Gasteiger partial charge in [0.2, 0.25) is 0 Å². The average molecular weight is 1410 g/mol. The summed E-state index contributed by atoms with van der Waals surface area (Å²) in [6.07, 6.45) is 5.50. The maximum absolute atomic E-state index is 14.6. The van der Waals surface area contributed by atoms with Gasteiger partial charge in [-0.25, -0.2) is 0 Å². The molecule has 0 amide bonds. The Kier molecular flexibility index (Phi) is 18.9.